The number of alkyl halides is 1. The first-order chi connectivity index (χ1) is 9.58. The van der Waals surface area contributed by atoms with Crippen molar-refractivity contribution >= 4 is 22.6 Å². The SMILES string of the molecule is CCOCC(C)n1c(C(C)Cl)nc2ccc(OC)cc21. The Morgan fingerprint density at radius 2 is 2.10 bits per heavy atom. The molecule has 0 bridgehead atoms. The average molecular weight is 297 g/mol. The van der Waals surface area contributed by atoms with E-state index < -0.39 is 0 Å². The molecule has 2 atom stereocenters. The summed E-state index contributed by atoms with van der Waals surface area (Å²) < 4.78 is 13.0. The van der Waals surface area contributed by atoms with E-state index in [4.69, 9.17) is 21.1 Å². The van der Waals surface area contributed by atoms with Crippen molar-refractivity contribution in [3.63, 3.8) is 0 Å². The zero-order valence-corrected chi connectivity index (χ0v) is 13.1. The first-order valence-corrected chi connectivity index (χ1v) is 7.29. The van der Waals surface area contributed by atoms with Crippen molar-refractivity contribution in [3.8, 4) is 5.75 Å². The Hall–Kier alpha value is -1.26. The molecule has 2 rings (SSSR count). The van der Waals surface area contributed by atoms with Gasteiger partial charge < -0.3 is 14.0 Å². The van der Waals surface area contributed by atoms with E-state index in [0.717, 1.165) is 22.6 Å². The van der Waals surface area contributed by atoms with Crippen LogP contribution in [0.2, 0.25) is 0 Å². The van der Waals surface area contributed by atoms with Crippen molar-refractivity contribution in [2.45, 2.75) is 32.2 Å². The number of nitrogens with zero attached hydrogens (tertiary/aromatic N) is 2. The Kier molecular flexibility index (Phi) is 4.89. The van der Waals surface area contributed by atoms with Gasteiger partial charge in [0.2, 0.25) is 0 Å². The van der Waals surface area contributed by atoms with Crippen LogP contribution in [0.15, 0.2) is 18.2 Å². The fourth-order valence-corrected chi connectivity index (χ4v) is 2.48. The molecular formula is C15H21ClN2O2. The van der Waals surface area contributed by atoms with Gasteiger partial charge in [-0.1, -0.05) is 0 Å². The predicted molar refractivity (Wildman–Crippen MR) is 81.8 cm³/mol. The van der Waals surface area contributed by atoms with Crippen LogP contribution in [0.4, 0.5) is 0 Å². The third kappa shape index (κ3) is 2.91. The lowest BCUT2D eigenvalue weighted by atomic mass is 10.2. The number of benzene rings is 1. The van der Waals surface area contributed by atoms with Crippen LogP contribution in [0, 0.1) is 0 Å². The van der Waals surface area contributed by atoms with E-state index >= 15 is 0 Å². The van der Waals surface area contributed by atoms with Crippen LogP contribution in [-0.2, 0) is 4.74 Å². The molecule has 0 saturated heterocycles. The molecular weight excluding hydrogens is 276 g/mol. The number of hydrogen-bond acceptors (Lipinski definition) is 3. The lowest BCUT2D eigenvalue weighted by molar-refractivity contribution is 0.119. The number of hydrogen-bond donors (Lipinski definition) is 0. The Balaban J connectivity index is 2.53. The van der Waals surface area contributed by atoms with Crippen molar-refractivity contribution in [1.82, 2.24) is 9.55 Å². The lowest BCUT2D eigenvalue weighted by Gasteiger charge is -2.18. The number of aromatic nitrogens is 2. The quantitative estimate of drug-likeness (QED) is 0.758. The normalized spacial score (nSPS) is 14.4. The van der Waals surface area contributed by atoms with Crippen molar-refractivity contribution in [1.29, 1.82) is 0 Å². The first kappa shape index (κ1) is 15.1. The highest BCUT2D eigenvalue weighted by atomic mass is 35.5. The summed E-state index contributed by atoms with van der Waals surface area (Å²) in [4.78, 5) is 4.64. The zero-order chi connectivity index (χ0) is 14.7. The molecule has 20 heavy (non-hydrogen) atoms. The molecule has 0 saturated carbocycles. The highest BCUT2D eigenvalue weighted by Crippen LogP contribution is 2.30. The highest BCUT2D eigenvalue weighted by Gasteiger charge is 2.19. The van der Waals surface area contributed by atoms with Gasteiger partial charge in [0.15, 0.2) is 0 Å². The Labute approximate surface area is 124 Å². The van der Waals surface area contributed by atoms with E-state index in [1.807, 2.05) is 32.0 Å². The van der Waals surface area contributed by atoms with Gasteiger partial charge in [0.25, 0.3) is 0 Å². The van der Waals surface area contributed by atoms with Crippen LogP contribution in [0.1, 0.15) is 38.0 Å². The van der Waals surface area contributed by atoms with E-state index in [1.54, 1.807) is 7.11 Å². The topological polar surface area (TPSA) is 36.3 Å². The van der Waals surface area contributed by atoms with E-state index in [2.05, 4.69) is 16.5 Å². The summed E-state index contributed by atoms with van der Waals surface area (Å²) in [7, 11) is 1.66. The van der Waals surface area contributed by atoms with Gasteiger partial charge in [0.05, 0.1) is 36.2 Å². The predicted octanol–water partition coefficient (Wildman–Crippen LogP) is 3.94. The number of fused-ring (bicyclic) bond motifs is 1. The van der Waals surface area contributed by atoms with Gasteiger partial charge in [-0.2, -0.15) is 0 Å². The second kappa shape index (κ2) is 6.46. The summed E-state index contributed by atoms with van der Waals surface area (Å²) in [5.74, 6) is 1.68. The maximum absolute atomic E-state index is 6.28. The molecule has 0 aliphatic carbocycles. The van der Waals surface area contributed by atoms with Crippen molar-refractivity contribution < 1.29 is 9.47 Å². The van der Waals surface area contributed by atoms with E-state index in [1.165, 1.54) is 0 Å². The molecule has 5 heteroatoms. The molecule has 2 unspecified atom stereocenters. The number of rotatable bonds is 6. The summed E-state index contributed by atoms with van der Waals surface area (Å²) in [6.07, 6.45) is 0. The third-order valence-electron chi connectivity index (χ3n) is 3.28. The number of halogens is 1. The van der Waals surface area contributed by atoms with E-state index in [-0.39, 0.29) is 11.4 Å². The van der Waals surface area contributed by atoms with Crippen molar-refractivity contribution in [2.24, 2.45) is 0 Å². The molecule has 0 amide bonds. The standard InChI is InChI=1S/C15H21ClN2O2/c1-5-20-9-10(2)18-14-8-12(19-4)6-7-13(14)17-15(18)11(3)16/h6-8,10-11H,5,9H2,1-4H3. The molecule has 0 N–H and O–H groups in total. The molecule has 0 aliphatic rings. The van der Waals surface area contributed by atoms with Gasteiger partial charge in [-0.15, -0.1) is 11.6 Å². The molecule has 0 aliphatic heterocycles. The first-order valence-electron chi connectivity index (χ1n) is 6.86. The van der Waals surface area contributed by atoms with Crippen molar-refractivity contribution in [2.75, 3.05) is 20.3 Å². The maximum Gasteiger partial charge on any atom is 0.128 e. The Morgan fingerprint density at radius 1 is 1.35 bits per heavy atom. The van der Waals surface area contributed by atoms with Gasteiger partial charge in [-0.25, -0.2) is 4.98 Å². The molecule has 0 fully saturated rings. The summed E-state index contributed by atoms with van der Waals surface area (Å²) in [5.41, 5.74) is 1.95. The summed E-state index contributed by atoms with van der Waals surface area (Å²) >= 11 is 6.28. The minimum absolute atomic E-state index is 0.155. The number of methoxy groups -OCH3 is 1. The fraction of sp³-hybridized carbons (Fsp3) is 0.533. The number of ether oxygens (including phenoxy) is 2. The lowest BCUT2D eigenvalue weighted by Crippen LogP contribution is -2.15. The molecule has 0 spiro atoms. The molecule has 1 heterocycles. The molecule has 4 nitrogen and oxygen atoms in total. The average Bonchev–Trinajstić information content (AvgIpc) is 2.83. The molecule has 110 valence electrons. The van der Waals surface area contributed by atoms with Crippen LogP contribution < -0.4 is 4.74 Å². The van der Waals surface area contributed by atoms with Crippen molar-refractivity contribution in [3.05, 3.63) is 24.0 Å². The largest absolute Gasteiger partial charge is 0.497 e. The van der Waals surface area contributed by atoms with Crippen LogP contribution in [0.3, 0.4) is 0 Å². The van der Waals surface area contributed by atoms with Gasteiger partial charge in [-0.05, 0) is 32.9 Å². The smallest absolute Gasteiger partial charge is 0.128 e. The molecule has 2 aromatic rings. The second-order valence-corrected chi connectivity index (χ2v) is 5.47. The highest BCUT2D eigenvalue weighted by molar-refractivity contribution is 6.20. The Morgan fingerprint density at radius 3 is 2.70 bits per heavy atom. The molecule has 0 radical (unpaired) electrons. The van der Waals surface area contributed by atoms with Gasteiger partial charge >= 0.3 is 0 Å². The minimum Gasteiger partial charge on any atom is -0.497 e. The third-order valence-corrected chi connectivity index (χ3v) is 3.48. The van der Waals surface area contributed by atoms with E-state index in [9.17, 15) is 0 Å². The van der Waals surface area contributed by atoms with Gasteiger partial charge in [-0.3, -0.25) is 0 Å². The summed E-state index contributed by atoms with van der Waals surface area (Å²) in [6, 6.07) is 6.03. The van der Waals surface area contributed by atoms with Gasteiger partial charge in [0.1, 0.15) is 11.6 Å². The van der Waals surface area contributed by atoms with E-state index in [0.29, 0.717) is 13.2 Å². The number of imidazole rings is 1. The van der Waals surface area contributed by atoms with Crippen LogP contribution in [-0.4, -0.2) is 29.9 Å². The molecule has 1 aromatic heterocycles. The van der Waals surface area contributed by atoms with Gasteiger partial charge in [0, 0.05) is 12.7 Å². The zero-order valence-electron chi connectivity index (χ0n) is 12.4. The summed E-state index contributed by atoms with van der Waals surface area (Å²) in [5, 5.41) is -0.155. The van der Waals surface area contributed by atoms with Crippen LogP contribution in [0.25, 0.3) is 11.0 Å². The second-order valence-electron chi connectivity index (χ2n) is 4.82. The van der Waals surface area contributed by atoms with Crippen LogP contribution in [0.5, 0.6) is 5.75 Å². The maximum atomic E-state index is 6.28. The monoisotopic (exact) mass is 296 g/mol. The fourth-order valence-electron chi connectivity index (χ4n) is 2.33. The minimum atomic E-state index is -0.155. The summed E-state index contributed by atoms with van der Waals surface area (Å²) in [6.45, 7) is 7.37. The Bertz CT molecular complexity index is 581. The molecule has 1 aromatic carbocycles. The van der Waals surface area contributed by atoms with Crippen LogP contribution >= 0.6 is 11.6 Å².